The van der Waals surface area contributed by atoms with Crippen molar-refractivity contribution in [3.8, 4) is 0 Å². The van der Waals surface area contributed by atoms with Crippen molar-refractivity contribution in [2.24, 2.45) is 5.92 Å². The molecule has 7 nitrogen and oxygen atoms in total. The molecule has 37 heavy (non-hydrogen) atoms. The number of Topliss-reactive ketones (excluding diaryl/α,β-unsaturated/α-hetero) is 1. The molecule has 0 bridgehead atoms. The van der Waals surface area contributed by atoms with Gasteiger partial charge in [-0.15, -0.1) is 0 Å². The van der Waals surface area contributed by atoms with E-state index in [1.54, 1.807) is 20.8 Å². The van der Waals surface area contributed by atoms with Crippen LogP contribution in [0.5, 0.6) is 0 Å². The van der Waals surface area contributed by atoms with Crippen molar-refractivity contribution in [2.75, 3.05) is 13.2 Å². The van der Waals surface area contributed by atoms with Gasteiger partial charge in [-0.05, 0) is 31.4 Å². The number of benzene rings is 1. The number of amides is 1. The third kappa shape index (κ3) is 9.89. The summed E-state index contributed by atoms with van der Waals surface area (Å²) in [6.45, 7) is 7.51. The van der Waals surface area contributed by atoms with Gasteiger partial charge in [0.05, 0.1) is 35.8 Å². The molecule has 0 aliphatic heterocycles. The number of ketones is 1. The summed E-state index contributed by atoms with van der Waals surface area (Å²) < 4.78 is 88.9. The fraction of sp³-hybridized carbons (Fsp3) is 0.500. The van der Waals surface area contributed by atoms with Crippen molar-refractivity contribution in [1.29, 1.82) is 0 Å². The fourth-order valence-electron chi connectivity index (χ4n) is 3.17. The Morgan fingerprint density at radius 1 is 0.946 bits per heavy atom. The van der Waals surface area contributed by atoms with E-state index >= 15 is 0 Å². The molecule has 0 aliphatic rings. The fourth-order valence-corrected chi connectivity index (χ4v) is 3.17. The van der Waals surface area contributed by atoms with E-state index in [9.17, 15) is 45.5 Å². The predicted octanol–water partition coefficient (Wildman–Crippen LogP) is 4.88. The summed E-state index contributed by atoms with van der Waals surface area (Å²) in [6.07, 6.45) is -10.9. The van der Waals surface area contributed by atoms with Crippen LogP contribution in [0.1, 0.15) is 61.5 Å². The molecule has 0 radical (unpaired) electrons. The molecular weight excluding hydrogens is 512 g/mol. The van der Waals surface area contributed by atoms with Crippen LogP contribution in [-0.4, -0.2) is 42.9 Å². The lowest BCUT2D eigenvalue weighted by Gasteiger charge is -2.20. The van der Waals surface area contributed by atoms with Gasteiger partial charge in [-0.2, -0.15) is 26.3 Å². The summed E-state index contributed by atoms with van der Waals surface area (Å²) in [5.41, 5.74) is -5.99. The molecule has 0 saturated carbocycles. The zero-order valence-electron chi connectivity index (χ0n) is 20.3. The highest BCUT2D eigenvalue weighted by atomic mass is 19.4. The zero-order chi connectivity index (χ0) is 28.6. The smallest absolute Gasteiger partial charge is 0.417 e. The van der Waals surface area contributed by atoms with E-state index in [2.05, 4.69) is 16.6 Å². The number of carbonyl (C=O) groups is 4. The van der Waals surface area contributed by atoms with E-state index in [1.165, 1.54) is 0 Å². The van der Waals surface area contributed by atoms with E-state index in [0.717, 1.165) is 0 Å². The summed E-state index contributed by atoms with van der Waals surface area (Å²) >= 11 is 0. The second-order valence-electron chi connectivity index (χ2n) is 8.33. The number of hydrogen-bond acceptors (Lipinski definition) is 6. The molecule has 0 heterocycles. The van der Waals surface area contributed by atoms with E-state index < -0.39 is 70.9 Å². The summed E-state index contributed by atoms with van der Waals surface area (Å²) in [4.78, 5) is 48.8. The number of rotatable bonds is 12. The van der Waals surface area contributed by atoms with E-state index in [1.807, 2.05) is 0 Å². The quantitative estimate of drug-likeness (QED) is 0.231. The average Bonchev–Trinajstić information content (AvgIpc) is 2.78. The van der Waals surface area contributed by atoms with Crippen LogP contribution in [0, 0.1) is 5.92 Å². The minimum absolute atomic E-state index is 0.0809. The number of halogens is 6. The van der Waals surface area contributed by atoms with Crippen LogP contribution in [0.15, 0.2) is 30.4 Å². The lowest BCUT2D eigenvalue weighted by atomic mass is 9.97. The molecule has 0 saturated heterocycles. The molecule has 0 aliphatic carbocycles. The monoisotopic (exact) mass is 539 g/mol. The SMILES string of the molecule is C=C(COC(=O)c1c(C(F)(F)F)cccc1C(F)(F)F)C(=O)NC(CC(C)C)C(=O)CCC(=O)OCC. The van der Waals surface area contributed by atoms with Gasteiger partial charge in [0.2, 0.25) is 0 Å². The molecule has 0 aromatic heterocycles. The van der Waals surface area contributed by atoms with Gasteiger partial charge in [0, 0.05) is 12.0 Å². The number of carbonyl (C=O) groups excluding carboxylic acids is 4. The average molecular weight is 539 g/mol. The number of esters is 2. The molecular formula is C24H27F6NO6. The van der Waals surface area contributed by atoms with Crippen molar-refractivity contribution in [2.45, 2.75) is 58.4 Å². The zero-order valence-corrected chi connectivity index (χ0v) is 20.3. The van der Waals surface area contributed by atoms with Crippen LogP contribution in [0.3, 0.4) is 0 Å². The third-order valence-corrected chi connectivity index (χ3v) is 4.86. The van der Waals surface area contributed by atoms with E-state index in [0.29, 0.717) is 18.2 Å². The Hall–Kier alpha value is -3.38. The van der Waals surface area contributed by atoms with Crippen molar-refractivity contribution < 1.29 is 55.0 Å². The first kappa shape index (κ1) is 31.6. The van der Waals surface area contributed by atoms with Crippen molar-refractivity contribution in [3.63, 3.8) is 0 Å². The summed E-state index contributed by atoms with van der Waals surface area (Å²) in [6, 6.07) is 0.0253. The first-order chi connectivity index (χ1) is 17.0. The minimum Gasteiger partial charge on any atom is -0.466 e. The molecule has 1 N–H and O–H groups in total. The Balaban J connectivity index is 2.97. The van der Waals surface area contributed by atoms with Crippen molar-refractivity contribution in [3.05, 3.63) is 47.0 Å². The highest BCUT2D eigenvalue weighted by molar-refractivity contribution is 5.98. The van der Waals surface area contributed by atoms with Gasteiger partial charge in [-0.25, -0.2) is 4.79 Å². The molecule has 0 spiro atoms. The molecule has 1 rings (SSSR count). The van der Waals surface area contributed by atoms with E-state index in [-0.39, 0.29) is 31.8 Å². The second-order valence-corrected chi connectivity index (χ2v) is 8.33. The lowest BCUT2D eigenvalue weighted by Crippen LogP contribution is -2.43. The van der Waals surface area contributed by atoms with Gasteiger partial charge in [-0.1, -0.05) is 26.5 Å². The molecule has 13 heteroatoms. The largest absolute Gasteiger partial charge is 0.466 e. The molecule has 1 aromatic carbocycles. The highest BCUT2D eigenvalue weighted by Gasteiger charge is 2.43. The summed E-state index contributed by atoms with van der Waals surface area (Å²) in [7, 11) is 0. The highest BCUT2D eigenvalue weighted by Crippen LogP contribution is 2.39. The minimum atomic E-state index is -5.29. The van der Waals surface area contributed by atoms with Gasteiger partial charge < -0.3 is 14.8 Å². The lowest BCUT2D eigenvalue weighted by molar-refractivity contribution is -0.145. The molecule has 1 amide bonds. The van der Waals surface area contributed by atoms with Gasteiger partial charge in [0.15, 0.2) is 5.78 Å². The summed E-state index contributed by atoms with van der Waals surface area (Å²) in [5, 5.41) is 2.35. The normalized spacial score (nSPS) is 12.6. The van der Waals surface area contributed by atoms with Crippen LogP contribution in [-0.2, 0) is 36.2 Å². The molecule has 1 unspecified atom stereocenters. The van der Waals surface area contributed by atoms with Gasteiger partial charge in [-0.3, -0.25) is 14.4 Å². The topological polar surface area (TPSA) is 98.8 Å². The number of nitrogens with one attached hydrogen (secondary N) is 1. The van der Waals surface area contributed by atoms with Gasteiger partial charge in [0.1, 0.15) is 6.61 Å². The van der Waals surface area contributed by atoms with E-state index in [4.69, 9.17) is 4.74 Å². The van der Waals surface area contributed by atoms with Crippen molar-refractivity contribution in [1.82, 2.24) is 5.32 Å². The number of hydrogen-bond donors (Lipinski definition) is 1. The van der Waals surface area contributed by atoms with Crippen LogP contribution in [0.25, 0.3) is 0 Å². The maximum absolute atomic E-state index is 13.3. The maximum atomic E-state index is 13.3. The Bertz CT molecular complexity index is 984. The van der Waals surface area contributed by atoms with Gasteiger partial charge >= 0.3 is 24.3 Å². The molecule has 1 aromatic rings. The first-order valence-electron chi connectivity index (χ1n) is 11.1. The second kappa shape index (κ2) is 13.2. The Morgan fingerprint density at radius 3 is 1.95 bits per heavy atom. The van der Waals surface area contributed by atoms with Crippen LogP contribution >= 0.6 is 0 Å². The molecule has 0 fully saturated rings. The maximum Gasteiger partial charge on any atom is 0.417 e. The van der Waals surface area contributed by atoms with Crippen LogP contribution in [0.2, 0.25) is 0 Å². The summed E-state index contributed by atoms with van der Waals surface area (Å²) in [5.74, 6) is -4.17. The number of alkyl halides is 6. The Kier molecular flexibility index (Phi) is 11.3. The molecule has 1 atom stereocenters. The van der Waals surface area contributed by atoms with Crippen molar-refractivity contribution >= 4 is 23.6 Å². The Labute approximate surface area is 209 Å². The van der Waals surface area contributed by atoms with Gasteiger partial charge in [0.25, 0.3) is 5.91 Å². The number of ether oxygens (including phenoxy) is 2. The predicted molar refractivity (Wildman–Crippen MR) is 118 cm³/mol. The standard InChI is InChI=1S/C24H27F6NO6/c1-5-36-19(33)10-9-18(32)17(11-13(2)3)31-21(34)14(4)12-37-22(35)20-15(23(25,26)27)7-6-8-16(20)24(28,29)30/h6-8,13,17H,4-5,9-12H2,1-3H3,(H,31,34). The van der Waals surface area contributed by atoms with Crippen LogP contribution < -0.4 is 5.32 Å². The van der Waals surface area contributed by atoms with Crippen LogP contribution in [0.4, 0.5) is 26.3 Å². The third-order valence-electron chi connectivity index (χ3n) is 4.86. The molecule has 206 valence electrons. The first-order valence-corrected chi connectivity index (χ1v) is 11.1. The Morgan fingerprint density at radius 2 is 1.49 bits per heavy atom.